The zero-order valence-corrected chi connectivity index (χ0v) is 12.5. The molecular formula is C15H24N2S. The molecule has 0 bridgehead atoms. The van der Waals surface area contributed by atoms with Gasteiger partial charge >= 0.3 is 0 Å². The molecule has 0 N–H and O–H groups in total. The Morgan fingerprint density at radius 2 is 1.94 bits per heavy atom. The molecule has 0 radical (unpaired) electrons. The lowest BCUT2D eigenvalue weighted by molar-refractivity contribution is 0.290. The largest absolute Gasteiger partial charge is 0.309 e. The van der Waals surface area contributed by atoms with Gasteiger partial charge in [0.1, 0.15) is 0 Å². The standard InChI is InChI=1S/C15H24N2S/c1-16(2)9-6-10-17(3)11-13-12-18-15-8-5-4-7-14(13)15/h4-5,7-8,13H,6,9-12H2,1-3H3. The van der Waals surface area contributed by atoms with Gasteiger partial charge in [-0.2, -0.15) is 0 Å². The number of benzene rings is 1. The van der Waals surface area contributed by atoms with Crippen molar-refractivity contribution in [1.29, 1.82) is 0 Å². The third-order valence-electron chi connectivity index (χ3n) is 3.48. The minimum atomic E-state index is 0.718. The van der Waals surface area contributed by atoms with Crippen molar-refractivity contribution in [3.8, 4) is 0 Å². The number of rotatable bonds is 6. The maximum atomic E-state index is 2.48. The van der Waals surface area contributed by atoms with Crippen LogP contribution in [0.5, 0.6) is 0 Å². The molecule has 1 atom stereocenters. The SMILES string of the molecule is CN(C)CCCN(C)CC1CSc2ccccc21. The van der Waals surface area contributed by atoms with Crippen LogP contribution in [0.15, 0.2) is 29.2 Å². The van der Waals surface area contributed by atoms with Crippen LogP contribution >= 0.6 is 11.8 Å². The average molecular weight is 264 g/mol. The lowest BCUT2D eigenvalue weighted by atomic mass is 10.0. The Balaban J connectivity index is 1.80. The highest BCUT2D eigenvalue weighted by atomic mass is 32.2. The molecule has 1 aromatic carbocycles. The zero-order valence-electron chi connectivity index (χ0n) is 11.7. The van der Waals surface area contributed by atoms with Crippen molar-refractivity contribution in [2.75, 3.05) is 46.5 Å². The topological polar surface area (TPSA) is 6.48 Å². The van der Waals surface area contributed by atoms with Crippen molar-refractivity contribution in [1.82, 2.24) is 9.80 Å². The van der Waals surface area contributed by atoms with Crippen molar-refractivity contribution in [3.63, 3.8) is 0 Å². The van der Waals surface area contributed by atoms with Gasteiger partial charge < -0.3 is 9.80 Å². The predicted molar refractivity (Wildman–Crippen MR) is 80.6 cm³/mol. The van der Waals surface area contributed by atoms with E-state index in [4.69, 9.17) is 0 Å². The molecular weight excluding hydrogens is 240 g/mol. The van der Waals surface area contributed by atoms with E-state index in [0.29, 0.717) is 0 Å². The molecule has 100 valence electrons. The number of hydrogen-bond donors (Lipinski definition) is 0. The lowest BCUT2D eigenvalue weighted by Crippen LogP contribution is -2.28. The minimum Gasteiger partial charge on any atom is -0.309 e. The maximum absolute atomic E-state index is 2.48. The van der Waals surface area contributed by atoms with Gasteiger partial charge in [0, 0.05) is 23.1 Å². The summed E-state index contributed by atoms with van der Waals surface area (Å²) in [5, 5.41) is 0. The highest BCUT2D eigenvalue weighted by Crippen LogP contribution is 2.39. The summed E-state index contributed by atoms with van der Waals surface area (Å²) in [4.78, 5) is 6.23. The second-order valence-corrected chi connectivity index (χ2v) is 6.53. The first-order valence-corrected chi connectivity index (χ1v) is 7.70. The van der Waals surface area contributed by atoms with Gasteiger partial charge in [0.05, 0.1) is 0 Å². The molecule has 0 amide bonds. The molecule has 0 saturated heterocycles. The highest BCUT2D eigenvalue weighted by Gasteiger charge is 2.23. The molecule has 18 heavy (non-hydrogen) atoms. The van der Waals surface area contributed by atoms with Gasteiger partial charge in [-0.25, -0.2) is 0 Å². The predicted octanol–water partition coefficient (Wildman–Crippen LogP) is 2.76. The fourth-order valence-electron chi connectivity index (χ4n) is 2.50. The number of likely N-dealkylation sites (N-methyl/N-ethyl adjacent to an activating group) is 1. The number of thioether (sulfide) groups is 1. The molecule has 1 aromatic rings. The molecule has 1 heterocycles. The van der Waals surface area contributed by atoms with E-state index in [2.05, 4.69) is 55.2 Å². The van der Waals surface area contributed by atoms with Crippen LogP contribution in [0.2, 0.25) is 0 Å². The average Bonchev–Trinajstić information content (AvgIpc) is 2.72. The van der Waals surface area contributed by atoms with Gasteiger partial charge in [0.15, 0.2) is 0 Å². The van der Waals surface area contributed by atoms with Crippen molar-refractivity contribution >= 4 is 11.8 Å². The minimum absolute atomic E-state index is 0.718. The summed E-state index contributed by atoms with van der Waals surface area (Å²) < 4.78 is 0. The molecule has 0 saturated carbocycles. The summed E-state index contributed by atoms with van der Waals surface area (Å²) in [6.07, 6.45) is 1.25. The van der Waals surface area contributed by atoms with Crippen LogP contribution in [0.3, 0.4) is 0 Å². The summed E-state index contributed by atoms with van der Waals surface area (Å²) in [5.41, 5.74) is 1.56. The van der Waals surface area contributed by atoms with Crippen LogP contribution < -0.4 is 0 Å². The van der Waals surface area contributed by atoms with Gasteiger partial charge in [0.25, 0.3) is 0 Å². The molecule has 0 spiro atoms. The van der Waals surface area contributed by atoms with Crippen molar-refractivity contribution in [2.45, 2.75) is 17.2 Å². The van der Waals surface area contributed by atoms with Gasteiger partial charge in [-0.15, -0.1) is 11.8 Å². The number of hydrogen-bond acceptors (Lipinski definition) is 3. The summed E-state index contributed by atoms with van der Waals surface area (Å²) in [6.45, 7) is 3.57. The second kappa shape index (κ2) is 6.60. The highest BCUT2D eigenvalue weighted by molar-refractivity contribution is 7.99. The molecule has 0 aromatic heterocycles. The third kappa shape index (κ3) is 3.74. The molecule has 1 aliphatic rings. The fourth-order valence-corrected chi connectivity index (χ4v) is 3.75. The smallest absolute Gasteiger partial charge is 0.0108 e. The zero-order chi connectivity index (χ0) is 13.0. The van der Waals surface area contributed by atoms with E-state index in [1.54, 1.807) is 5.56 Å². The summed E-state index contributed by atoms with van der Waals surface area (Å²) in [7, 11) is 6.54. The first kappa shape index (κ1) is 13.9. The van der Waals surface area contributed by atoms with Crippen LogP contribution in [-0.4, -0.2) is 56.3 Å². The Labute approximate surface area is 115 Å². The molecule has 2 rings (SSSR count). The molecule has 2 nitrogen and oxygen atoms in total. The summed E-state index contributed by atoms with van der Waals surface area (Å²) >= 11 is 2.01. The van der Waals surface area contributed by atoms with Crippen LogP contribution in [0, 0.1) is 0 Å². The van der Waals surface area contributed by atoms with Crippen molar-refractivity contribution in [3.05, 3.63) is 29.8 Å². The Kier molecular flexibility index (Phi) is 5.10. The molecule has 3 heteroatoms. The van der Waals surface area contributed by atoms with Crippen LogP contribution in [-0.2, 0) is 0 Å². The Hall–Kier alpha value is -0.510. The number of nitrogens with zero attached hydrogens (tertiary/aromatic N) is 2. The Morgan fingerprint density at radius 1 is 1.17 bits per heavy atom. The molecule has 0 fully saturated rings. The summed E-state index contributed by atoms with van der Waals surface area (Å²) in [6, 6.07) is 8.87. The van der Waals surface area contributed by atoms with E-state index in [1.165, 1.54) is 36.7 Å². The van der Waals surface area contributed by atoms with Gasteiger partial charge in [-0.3, -0.25) is 0 Å². The molecule has 0 aliphatic carbocycles. The Morgan fingerprint density at radius 3 is 2.72 bits per heavy atom. The Bertz CT molecular complexity index is 379. The van der Waals surface area contributed by atoms with E-state index >= 15 is 0 Å². The van der Waals surface area contributed by atoms with E-state index in [0.717, 1.165) is 5.92 Å². The van der Waals surface area contributed by atoms with Crippen LogP contribution in [0.1, 0.15) is 17.9 Å². The van der Waals surface area contributed by atoms with Gasteiger partial charge in [0.2, 0.25) is 0 Å². The van der Waals surface area contributed by atoms with Gasteiger partial charge in [-0.05, 0) is 52.3 Å². The summed E-state index contributed by atoms with van der Waals surface area (Å²) in [5.74, 6) is 1.97. The van der Waals surface area contributed by atoms with E-state index < -0.39 is 0 Å². The van der Waals surface area contributed by atoms with E-state index in [1.807, 2.05) is 11.8 Å². The molecule has 1 aliphatic heterocycles. The van der Waals surface area contributed by atoms with E-state index in [-0.39, 0.29) is 0 Å². The third-order valence-corrected chi connectivity index (χ3v) is 4.73. The second-order valence-electron chi connectivity index (χ2n) is 5.46. The van der Waals surface area contributed by atoms with Crippen molar-refractivity contribution in [2.24, 2.45) is 0 Å². The maximum Gasteiger partial charge on any atom is 0.0108 e. The normalized spacial score (nSPS) is 18.6. The van der Waals surface area contributed by atoms with Crippen LogP contribution in [0.25, 0.3) is 0 Å². The first-order chi connectivity index (χ1) is 8.66. The van der Waals surface area contributed by atoms with Gasteiger partial charge in [-0.1, -0.05) is 18.2 Å². The monoisotopic (exact) mass is 264 g/mol. The quantitative estimate of drug-likeness (QED) is 0.780. The molecule has 1 unspecified atom stereocenters. The number of fused-ring (bicyclic) bond motifs is 1. The van der Waals surface area contributed by atoms with E-state index in [9.17, 15) is 0 Å². The first-order valence-electron chi connectivity index (χ1n) is 6.72. The lowest BCUT2D eigenvalue weighted by Gasteiger charge is -2.22. The van der Waals surface area contributed by atoms with Crippen LogP contribution in [0.4, 0.5) is 0 Å². The fraction of sp³-hybridized carbons (Fsp3) is 0.600. The van der Waals surface area contributed by atoms with Crippen molar-refractivity contribution < 1.29 is 0 Å².